The average molecular weight is 405 g/mol. The Morgan fingerprint density at radius 3 is 2.43 bits per heavy atom. The third-order valence-electron chi connectivity index (χ3n) is 4.51. The van der Waals surface area contributed by atoms with E-state index in [1.807, 2.05) is 0 Å². The molecule has 1 unspecified atom stereocenters. The smallest absolute Gasteiger partial charge is 0.337 e. The van der Waals surface area contributed by atoms with Gasteiger partial charge < -0.3 is 14.8 Å². The lowest BCUT2D eigenvalue weighted by molar-refractivity contribution is -0.136. The summed E-state index contributed by atoms with van der Waals surface area (Å²) in [5.74, 6) is -0.711. The number of amides is 2. The van der Waals surface area contributed by atoms with Gasteiger partial charge >= 0.3 is 12.0 Å². The fourth-order valence-corrected chi connectivity index (χ4v) is 3.43. The number of esters is 1. The van der Waals surface area contributed by atoms with Crippen LogP contribution in [0.25, 0.3) is 0 Å². The Hall–Kier alpha value is -3.06. The maximum Gasteiger partial charge on any atom is 0.337 e. The minimum absolute atomic E-state index is 0.00616. The summed E-state index contributed by atoms with van der Waals surface area (Å²) in [5.41, 5.74) is 0.914. The van der Waals surface area contributed by atoms with E-state index < -0.39 is 23.9 Å². The molecule has 0 saturated carbocycles. The van der Waals surface area contributed by atoms with Crippen LogP contribution in [0.1, 0.15) is 18.5 Å². The van der Waals surface area contributed by atoms with Gasteiger partial charge in [0.05, 0.1) is 31.5 Å². The summed E-state index contributed by atoms with van der Waals surface area (Å²) in [6.07, 6.45) is 0. The fourth-order valence-electron chi connectivity index (χ4n) is 3.16. The Morgan fingerprint density at radius 2 is 1.86 bits per heavy atom. The van der Waals surface area contributed by atoms with Crippen molar-refractivity contribution < 1.29 is 23.5 Å². The molecule has 0 fully saturated rings. The zero-order valence-electron chi connectivity index (χ0n) is 15.5. The van der Waals surface area contributed by atoms with E-state index in [1.165, 1.54) is 37.3 Å². The van der Waals surface area contributed by atoms with Gasteiger partial charge in [0.15, 0.2) is 0 Å². The molecule has 8 heteroatoms. The van der Waals surface area contributed by atoms with Crippen LogP contribution in [-0.4, -0.2) is 26.2 Å². The molecule has 1 heterocycles. The Balaban J connectivity index is 2.16. The SMILES string of the molecule is COC(=O)C1=C(C)N(c2ccc(OC)cc2)C(=O)NC1c1c(F)cccc1Cl. The second kappa shape index (κ2) is 7.90. The van der Waals surface area contributed by atoms with Crippen LogP contribution in [0.5, 0.6) is 5.75 Å². The van der Waals surface area contributed by atoms with Crippen LogP contribution >= 0.6 is 11.6 Å². The van der Waals surface area contributed by atoms with Crippen LogP contribution < -0.4 is 15.0 Å². The number of methoxy groups -OCH3 is 2. The van der Waals surface area contributed by atoms with Crippen molar-refractivity contribution in [3.63, 3.8) is 0 Å². The molecular weight excluding hydrogens is 387 g/mol. The van der Waals surface area contributed by atoms with Gasteiger partial charge in [-0.15, -0.1) is 0 Å². The van der Waals surface area contributed by atoms with Crippen molar-refractivity contribution in [3.8, 4) is 5.75 Å². The molecule has 1 atom stereocenters. The molecule has 6 nitrogen and oxygen atoms in total. The number of nitrogens with one attached hydrogen (secondary N) is 1. The monoisotopic (exact) mass is 404 g/mol. The van der Waals surface area contributed by atoms with Gasteiger partial charge in [-0.3, -0.25) is 4.90 Å². The Morgan fingerprint density at radius 1 is 1.18 bits per heavy atom. The van der Waals surface area contributed by atoms with Crippen LogP contribution in [0.4, 0.5) is 14.9 Å². The summed E-state index contributed by atoms with van der Waals surface area (Å²) in [4.78, 5) is 26.7. The van der Waals surface area contributed by atoms with E-state index in [2.05, 4.69) is 5.32 Å². The second-order valence-electron chi connectivity index (χ2n) is 6.04. The van der Waals surface area contributed by atoms with Crippen LogP contribution in [0.2, 0.25) is 5.02 Å². The van der Waals surface area contributed by atoms with E-state index >= 15 is 0 Å². The van der Waals surface area contributed by atoms with E-state index in [9.17, 15) is 14.0 Å². The standard InChI is InChI=1S/C20H18ClFN2O4/c1-11-16(19(25)28-3)18(17-14(21)5-4-6-15(17)22)23-20(26)24(11)12-7-9-13(27-2)10-8-12/h4-10,18H,1-3H3,(H,23,26). The highest BCUT2D eigenvalue weighted by atomic mass is 35.5. The summed E-state index contributed by atoms with van der Waals surface area (Å²) < 4.78 is 24.5. The topological polar surface area (TPSA) is 67.9 Å². The number of allylic oxidation sites excluding steroid dienone is 1. The molecule has 2 amide bonds. The second-order valence-corrected chi connectivity index (χ2v) is 6.45. The molecule has 2 aromatic rings. The van der Waals surface area contributed by atoms with Crippen LogP contribution in [0, 0.1) is 5.82 Å². The lowest BCUT2D eigenvalue weighted by atomic mass is 9.94. The lowest BCUT2D eigenvalue weighted by Crippen LogP contribution is -2.48. The maximum atomic E-state index is 14.5. The van der Waals surface area contributed by atoms with Gasteiger partial charge in [-0.25, -0.2) is 14.0 Å². The first-order valence-electron chi connectivity index (χ1n) is 8.36. The molecule has 146 valence electrons. The lowest BCUT2D eigenvalue weighted by Gasteiger charge is -2.35. The van der Waals surface area contributed by atoms with Crippen molar-refractivity contribution in [2.24, 2.45) is 0 Å². The fraction of sp³-hybridized carbons (Fsp3) is 0.200. The number of rotatable bonds is 4. The largest absolute Gasteiger partial charge is 0.497 e. The molecule has 2 aromatic carbocycles. The van der Waals surface area contributed by atoms with Crippen LogP contribution in [0.3, 0.4) is 0 Å². The molecule has 1 aliphatic heterocycles. The number of urea groups is 1. The van der Waals surface area contributed by atoms with E-state index in [-0.39, 0.29) is 16.2 Å². The Labute approximate surface area is 166 Å². The highest BCUT2D eigenvalue weighted by molar-refractivity contribution is 6.31. The molecule has 0 aromatic heterocycles. The molecule has 0 aliphatic carbocycles. The van der Waals surface area contributed by atoms with Crippen LogP contribution in [-0.2, 0) is 9.53 Å². The first-order chi connectivity index (χ1) is 13.4. The van der Waals surface area contributed by atoms with E-state index in [1.54, 1.807) is 31.2 Å². The zero-order chi connectivity index (χ0) is 20.4. The van der Waals surface area contributed by atoms with Crippen molar-refractivity contribution in [3.05, 3.63) is 70.1 Å². The minimum atomic E-state index is -1.08. The predicted molar refractivity (Wildman–Crippen MR) is 103 cm³/mol. The molecule has 1 N–H and O–H groups in total. The number of ether oxygens (including phenoxy) is 2. The molecule has 1 aliphatic rings. The van der Waals surface area contributed by atoms with Crippen molar-refractivity contribution in [2.75, 3.05) is 19.1 Å². The molecule has 0 radical (unpaired) electrons. The summed E-state index contributed by atoms with van der Waals surface area (Å²) >= 11 is 6.16. The number of carbonyl (C=O) groups excluding carboxylic acids is 2. The van der Waals surface area contributed by atoms with Crippen molar-refractivity contribution >= 4 is 29.3 Å². The minimum Gasteiger partial charge on any atom is -0.497 e. The summed E-state index contributed by atoms with van der Waals surface area (Å²) in [5, 5.41) is 2.75. The molecule has 0 saturated heterocycles. The van der Waals surface area contributed by atoms with Gasteiger partial charge in [-0.1, -0.05) is 17.7 Å². The maximum absolute atomic E-state index is 14.5. The first-order valence-corrected chi connectivity index (χ1v) is 8.74. The number of anilines is 1. The average Bonchev–Trinajstić information content (AvgIpc) is 2.67. The highest BCUT2D eigenvalue weighted by Crippen LogP contribution is 2.38. The Kier molecular flexibility index (Phi) is 5.56. The Bertz CT molecular complexity index is 939. The van der Waals surface area contributed by atoms with Gasteiger partial charge in [-0.05, 0) is 43.3 Å². The van der Waals surface area contributed by atoms with E-state index in [4.69, 9.17) is 21.1 Å². The van der Waals surface area contributed by atoms with Crippen LogP contribution in [0.15, 0.2) is 53.7 Å². The number of carbonyl (C=O) groups is 2. The number of hydrogen-bond acceptors (Lipinski definition) is 4. The first kappa shape index (κ1) is 19.7. The molecule has 0 spiro atoms. The molecule has 0 bridgehead atoms. The number of halogens is 2. The van der Waals surface area contributed by atoms with Gasteiger partial charge in [0.25, 0.3) is 0 Å². The zero-order valence-corrected chi connectivity index (χ0v) is 16.2. The van der Waals surface area contributed by atoms with Gasteiger partial charge in [0.1, 0.15) is 11.6 Å². The molecular formula is C20H18ClFN2O4. The van der Waals surface area contributed by atoms with Crippen molar-refractivity contribution in [2.45, 2.75) is 13.0 Å². The van der Waals surface area contributed by atoms with E-state index in [0.717, 1.165) is 0 Å². The van der Waals surface area contributed by atoms with Crippen molar-refractivity contribution in [1.29, 1.82) is 0 Å². The third kappa shape index (κ3) is 3.41. The highest BCUT2D eigenvalue weighted by Gasteiger charge is 2.39. The molecule has 3 rings (SSSR count). The summed E-state index contributed by atoms with van der Waals surface area (Å²) in [7, 11) is 2.75. The van der Waals surface area contributed by atoms with Gasteiger partial charge in [0, 0.05) is 16.3 Å². The van der Waals surface area contributed by atoms with Gasteiger partial charge in [0.2, 0.25) is 0 Å². The third-order valence-corrected chi connectivity index (χ3v) is 4.84. The predicted octanol–water partition coefficient (Wildman–Crippen LogP) is 4.21. The van der Waals surface area contributed by atoms with Crippen molar-refractivity contribution in [1.82, 2.24) is 5.32 Å². The number of benzene rings is 2. The normalized spacial score (nSPS) is 16.7. The van der Waals surface area contributed by atoms with Gasteiger partial charge in [-0.2, -0.15) is 0 Å². The number of nitrogens with zero attached hydrogens (tertiary/aromatic N) is 1. The quantitative estimate of drug-likeness (QED) is 0.775. The summed E-state index contributed by atoms with van der Waals surface area (Å²) in [6.45, 7) is 1.59. The number of hydrogen-bond donors (Lipinski definition) is 1. The summed E-state index contributed by atoms with van der Waals surface area (Å²) in [6, 6.07) is 9.27. The molecule has 28 heavy (non-hydrogen) atoms. The van der Waals surface area contributed by atoms with E-state index in [0.29, 0.717) is 17.1 Å².